The van der Waals surface area contributed by atoms with Gasteiger partial charge in [-0.05, 0) is 48.9 Å². The summed E-state index contributed by atoms with van der Waals surface area (Å²) >= 11 is 6.26. The average molecular weight is 303 g/mol. The van der Waals surface area contributed by atoms with Crippen LogP contribution in [0.15, 0.2) is 43.0 Å². The third kappa shape index (κ3) is 2.81. The molecule has 3 heteroatoms. The van der Waals surface area contributed by atoms with Gasteiger partial charge in [-0.2, -0.15) is 0 Å². The highest BCUT2D eigenvalue weighted by atomic mass is 35.5. The topological polar surface area (TPSA) is 9.23 Å². The van der Waals surface area contributed by atoms with Crippen molar-refractivity contribution >= 4 is 17.4 Å². The van der Waals surface area contributed by atoms with Crippen molar-refractivity contribution in [3.8, 4) is 5.75 Å². The van der Waals surface area contributed by atoms with Crippen LogP contribution in [-0.4, -0.2) is 0 Å². The molecular formula is C18H16ClFO. The van der Waals surface area contributed by atoms with Crippen LogP contribution in [0.1, 0.15) is 35.4 Å². The van der Waals surface area contributed by atoms with Crippen molar-refractivity contribution in [2.45, 2.75) is 25.7 Å². The van der Waals surface area contributed by atoms with Crippen LogP contribution in [0.4, 0.5) is 4.39 Å². The summed E-state index contributed by atoms with van der Waals surface area (Å²) in [5.74, 6) is 1.32. The smallest absolute Gasteiger partial charge is 0.149 e. The fourth-order valence-corrected chi connectivity index (χ4v) is 2.66. The first kappa shape index (κ1) is 14.2. The zero-order valence-electron chi connectivity index (χ0n) is 11.8. The molecule has 1 aliphatic carbocycles. The molecule has 0 atom stereocenters. The van der Waals surface area contributed by atoms with Gasteiger partial charge in [0.2, 0.25) is 0 Å². The van der Waals surface area contributed by atoms with Gasteiger partial charge >= 0.3 is 0 Å². The van der Waals surface area contributed by atoms with Gasteiger partial charge in [-0.1, -0.05) is 42.4 Å². The molecule has 3 rings (SSSR count). The van der Waals surface area contributed by atoms with Crippen molar-refractivity contribution in [2.24, 2.45) is 0 Å². The molecule has 0 aromatic heterocycles. The second-order valence-corrected chi connectivity index (χ2v) is 5.78. The minimum atomic E-state index is -0.265. The summed E-state index contributed by atoms with van der Waals surface area (Å²) in [6, 6.07) is 10.6. The quantitative estimate of drug-likeness (QED) is 0.657. The number of rotatable bonds is 4. The van der Waals surface area contributed by atoms with Crippen molar-refractivity contribution < 1.29 is 9.13 Å². The van der Waals surface area contributed by atoms with Gasteiger partial charge in [0.1, 0.15) is 17.3 Å². The van der Waals surface area contributed by atoms with E-state index in [0.717, 1.165) is 18.4 Å². The second kappa shape index (κ2) is 5.53. The van der Waals surface area contributed by atoms with E-state index in [1.165, 1.54) is 6.07 Å². The second-order valence-electron chi connectivity index (χ2n) is 5.37. The summed E-state index contributed by atoms with van der Waals surface area (Å²) in [5.41, 5.74) is 2.30. The Morgan fingerprint density at radius 1 is 1.24 bits per heavy atom. The summed E-state index contributed by atoms with van der Waals surface area (Å²) in [6.45, 7) is 5.65. The van der Waals surface area contributed by atoms with E-state index in [9.17, 15) is 4.39 Å². The van der Waals surface area contributed by atoms with E-state index in [1.54, 1.807) is 25.1 Å². The van der Waals surface area contributed by atoms with Crippen LogP contribution in [0.3, 0.4) is 0 Å². The molecule has 0 saturated heterocycles. The zero-order valence-corrected chi connectivity index (χ0v) is 12.6. The van der Waals surface area contributed by atoms with Gasteiger partial charge in [0, 0.05) is 5.56 Å². The molecule has 2 aromatic rings. The molecule has 0 radical (unpaired) electrons. The van der Waals surface area contributed by atoms with Crippen LogP contribution in [0.2, 0.25) is 5.02 Å². The Morgan fingerprint density at radius 2 is 1.95 bits per heavy atom. The minimum Gasteiger partial charge on any atom is -0.455 e. The molecule has 2 aromatic carbocycles. The molecule has 1 saturated carbocycles. The van der Waals surface area contributed by atoms with E-state index in [-0.39, 0.29) is 5.82 Å². The molecule has 1 nitrogen and oxygen atoms in total. The van der Waals surface area contributed by atoms with Gasteiger partial charge < -0.3 is 4.74 Å². The van der Waals surface area contributed by atoms with Crippen LogP contribution in [-0.2, 0) is 0 Å². The first-order valence-corrected chi connectivity index (χ1v) is 7.36. The lowest BCUT2D eigenvalue weighted by Gasteiger charge is -2.16. The lowest BCUT2D eigenvalue weighted by atomic mass is 10.1. The maximum atomic E-state index is 13.7. The van der Waals surface area contributed by atoms with Gasteiger partial charge in [-0.3, -0.25) is 0 Å². The van der Waals surface area contributed by atoms with Crippen molar-refractivity contribution in [1.29, 1.82) is 0 Å². The highest BCUT2D eigenvalue weighted by Gasteiger charge is 2.28. The highest BCUT2D eigenvalue weighted by molar-refractivity contribution is 6.32. The number of ether oxygens (including phenoxy) is 1. The van der Waals surface area contributed by atoms with Gasteiger partial charge in [0.25, 0.3) is 0 Å². The normalized spacial score (nSPS) is 14.0. The fraction of sp³-hybridized carbons (Fsp3) is 0.222. The van der Waals surface area contributed by atoms with E-state index < -0.39 is 0 Å². The SMILES string of the molecule is C=C(Oc1c(Cl)cccc1C1CC1)c1cccc(F)c1C. The fourth-order valence-electron chi connectivity index (χ4n) is 2.44. The Labute approximate surface area is 129 Å². The molecule has 21 heavy (non-hydrogen) atoms. The van der Waals surface area contributed by atoms with Crippen molar-refractivity contribution in [2.75, 3.05) is 0 Å². The third-order valence-electron chi connectivity index (χ3n) is 3.81. The number of benzene rings is 2. The first-order valence-electron chi connectivity index (χ1n) is 6.98. The van der Waals surface area contributed by atoms with E-state index >= 15 is 0 Å². The molecule has 0 unspecified atom stereocenters. The monoisotopic (exact) mass is 302 g/mol. The summed E-state index contributed by atoms with van der Waals surface area (Å²) in [6.07, 6.45) is 2.31. The lowest BCUT2D eigenvalue weighted by molar-refractivity contribution is 0.508. The number of para-hydroxylation sites is 1. The van der Waals surface area contributed by atoms with Gasteiger partial charge in [0.05, 0.1) is 5.02 Å². The van der Waals surface area contributed by atoms with Crippen LogP contribution in [0.25, 0.3) is 5.76 Å². The molecule has 0 spiro atoms. The van der Waals surface area contributed by atoms with E-state index in [2.05, 4.69) is 6.58 Å². The minimum absolute atomic E-state index is 0.265. The van der Waals surface area contributed by atoms with Gasteiger partial charge in [0.15, 0.2) is 0 Å². The van der Waals surface area contributed by atoms with Crippen molar-refractivity contribution in [1.82, 2.24) is 0 Å². The predicted molar refractivity (Wildman–Crippen MR) is 84.2 cm³/mol. The Hall–Kier alpha value is -1.80. The van der Waals surface area contributed by atoms with Crippen LogP contribution < -0.4 is 4.74 Å². The molecule has 0 amide bonds. The molecule has 1 aliphatic rings. The summed E-state index contributed by atoms with van der Waals surface area (Å²) < 4.78 is 19.6. The highest BCUT2D eigenvalue weighted by Crippen LogP contribution is 2.47. The Balaban J connectivity index is 1.93. The molecule has 1 fully saturated rings. The maximum absolute atomic E-state index is 13.7. The average Bonchev–Trinajstić information content (AvgIpc) is 3.28. The van der Waals surface area contributed by atoms with Gasteiger partial charge in [-0.15, -0.1) is 0 Å². The van der Waals surface area contributed by atoms with E-state index in [0.29, 0.717) is 33.6 Å². The standard InChI is InChI=1S/C18H16ClFO/c1-11-14(5-4-8-17(11)20)12(2)21-18-15(13-9-10-13)6-3-7-16(18)19/h3-8,13H,2,9-10H2,1H3. The summed E-state index contributed by atoms with van der Waals surface area (Å²) in [5, 5.41) is 0.564. The molecule has 0 N–H and O–H groups in total. The van der Waals surface area contributed by atoms with Gasteiger partial charge in [-0.25, -0.2) is 4.39 Å². The molecule has 0 bridgehead atoms. The lowest BCUT2D eigenvalue weighted by Crippen LogP contribution is -2.00. The number of hydrogen-bond donors (Lipinski definition) is 0. The molecule has 0 heterocycles. The van der Waals surface area contributed by atoms with Crippen LogP contribution in [0.5, 0.6) is 5.75 Å². The summed E-state index contributed by atoms with van der Waals surface area (Å²) in [4.78, 5) is 0. The largest absolute Gasteiger partial charge is 0.455 e. The van der Waals surface area contributed by atoms with Crippen molar-refractivity contribution in [3.63, 3.8) is 0 Å². The van der Waals surface area contributed by atoms with E-state index in [4.69, 9.17) is 16.3 Å². The summed E-state index contributed by atoms with van der Waals surface area (Å²) in [7, 11) is 0. The Morgan fingerprint density at radius 3 is 2.67 bits per heavy atom. The van der Waals surface area contributed by atoms with Crippen LogP contribution >= 0.6 is 11.6 Å². The van der Waals surface area contributed by atoms with Crippen LogP contribution in [0, 0.1) is 12.7 Å². The maximum Gasteiger partial charge on any atom is 0.149 e. The Bertz CT molecular complexity index is 704. The van der Waals surface area contributed by atoms with Crippen molar-refractivity contribution in [3.05, 3.63) is 70.5 Å². The molecular weight excluding hydrogens is 287 g/mol. The molecule has 0 aliphatic heterocycles. The zero-order chi connectivity index (χ0) is 15.0. The third-order valence-corrected chi connectivity index (χ3v) is 4.11. The predicted octanol–water partition coefficient (Wildman–Crippen LogP) is 5.71. The van der Waals surface area contributed by atoms with E-state index in [1.807, 2.05) is 12.1 Å². The first-order chi connectivity index (χ1) is 10.1. The number of hydrogen-bond acceptors (Lipinski definition) is 1. The molecule has 108 valence electrons. The number of halogens is 2. The Kier molecular flexibility index (Phi) is 3.73.